The smallest absolute Gasteiger partial charge is 0.209 e. The number of hydrogen-bond donors (Lipinski definition) is 3. The first-order chi connectivity index (χ1) is 22.5. The molecule has 0 fully saturated rings. The van der Waals surface area contributed by atoms with E-state index in [2.05, 4.69) is 55.4 Å². The van der Waals surface area contributed by atoms with E-state index >= 15 is 0 Å². The van der Waals surface area contributed by atoms with Crippen molar-refractivity contribution in [2.45, 2.75) is 209 Å². The van der Waals surface area contributed by atoms with Gasteiger partial charge in [-0.1, -0.05) is 185 Å². The zero-order valence-electron chi connectivity index (χ0n) is 33.7. The van der Waals surface area contributed by atoms with Gasteiger partial charge in [0.15, 0.2) is 11.6 Å². The second-order valence-electron chi connectivity index (χ2n) is 17.7. The molecule has 0 amide bonds. The fraction of sp³-hybridized carbons (Fsp3) is 0.953. The maximum absolute atomic E-state index is 13.3. The van der Waals surface area contributed by atoms with Gasteiger partial charge in [-0.3, -0.25) is 9.59 Å². The average Bonchev–Trinajstić information content (AvgIpc) is 2.99. The van der Waals surface area contributed by atoms with Gasteiger partial charge in [-0.2, -0.15) is 0 Å². The van der Waals surface area contributed by atoms with Gasteiger partial charge in [0.25, 0.3) is 0 Å². The highest BCUT2D eigenvalue weighted by atomic mass is 16.4. The molecule has 0 saturated carbocycles. The highest BCUT2D eigenvalue weighted by molar-refractivity contribution is 6.11. The fourth-order valence-corrected chi connectivity index (χ4v) is 7.39. The Morgan fingerprint density at radius 3 is 0.896 bits per heavy atom. The predicted molar refractivity (Wildman–Crippen MR) is 205 cm³/mol. The third-order valence-corrected chi connectivity index (χ3v) is 11.1. The summed E-state index contributed by atoms with van der Waals surface area (Å²) >= 11 is 0. The molecule has 0 bridgehead atoms. The summed E-state index contributed by atoms with van der Waals surface area (Å²) in [6, 6.07) is 0. The lowest BCUT2D eigenvalue weighted by Crippen LogP contribution is -2.57. The monoisotopic (exact) mass is 681 g/mol. The van der Waals surface area contributed by atoms with E-state index < -0.39 is 29.9 Å². The molecule has 0 aliphatic heterocycles. The zero-order valence-corrected chi connectivity index (χ0v) is 33.7. The summed E-state index contributed by atoms with van der Waals surface area (Å²) in [5, 5.41) is 31.4. The van der Waals surface area contributed by atoms with Gasteiger partial charge < -0.3 is 15.3 Å². The van der Waals surface area contributed by atoms with Gasteiger partial charge in [0.2, 0.25) is 5.60 Å². The summed E-state index contributed by atoms with van der Waals surface area (Å²) in [5.74, 6) is 3.14. The third-order valence-electron chi connectivity index (χ3n) is 11.1. The second kappa shape index (κ2) is 26.9. The van der Waals surface area contributed by atoms with E-state index in [4.69, 9.17) is 0 Å². The minimum Gasteiger partial charge on any atom is -0.394 e. The number of aliphatic hydroxyl groups excluding tert-OH is 2. The van der Waals surface area contributed by atoms with E-state index in [0.717, 1.165) is 62.2 Å². The second-order valence-corrected chi connectivity index (χ2v) is 17.7. The van der Waals surface area contributed by atoms with Crippen LogP contribution in [0.3, 0.4) is 0 Å². The van der Waals surface area contributed by atoms with E-state index in [1.54, 1.807) is 0 Å². The van der Waals surface area contributed by atoms with Crippen molar-refractivity contribution in [2.24, 2.45) is 47.3 Å². The highest BCUT2D eigenvalue weighted by Gasteiger charge is 2.49. The molecule has 5 heteroatoms. The first-order valence-electron chi connectivity index (χ1n) is 20.6. The first-order valence-corrected chi connectivity index (χ1v) is 20.6. The van der Waals surface area contributed by atoms with Gasteiger partial charge in [0, 0.05) is 12.8 Å². The number of rotatable bonds is 32. The van der Waals surface area contributed by atoms with Crippen LogP contribution in [0.1, 0.15) is 198 Å². The molecule has 286 valence electrons. The minimum absolute atomic E-state index is 0.00200. The van der Waals surface area contributed by atoms with Crippen molar-refractivity contribution in [3.05, 3.63) is 0 Å². The number of carbonyl (C=O) groups excluding carboxylic acids is 2. The van der Waals surface area contributed by atoms with Crippen LogP contribution in [0.2, 0.25) is 0 Å². The number of aliphatic hydroxyl groups is 3. The summed E-state index contributed by atoms with van der Waals surface area (Å²) in [6.45, 7) is 21.7. The lowest BCUT2D eigenvalue weighted by molar-refractivity contribution is -0.167. The quantitative estimate of drug-likeness (QED) is 0.0615. The van der Waals surface area contributed by atoms with Gasteiger partial charge in [0.05, 0.1) is 6.61 Å². The Hall–Kier alpha value is -0.780. The van der Waals surface area contributed by atoms with Crippen molar-refractivity contribution in [2.75, 3.05) is 6.61 Å². The van der Waals surface area contributed by atoms with Crippen molar-refractivity contribution in [3.63, 3.8) is 0 Å². The SMILES string of the molecule is CC(C)CCCC(C)CCCC(C)CCCC(C)CC(=O)C(O)(C(=O)C[C@@H](C)CCCC(C)CCCC(C)CCCC(C)C)[C@@H](O)CO. The van der Waals surface area contributed by atoms with E-state index in [1.807, 2.05) is 13.8 Å². The van der Waals surface area contributed by atoms with Crippen LogP contribution < -0.4 is 0 Å². The Morgan fingerprint density at radius 2 is 0.667 bits per heavy atom. The van der Waals surface area contributed by atoms with Crippen molar-refractivity contribution in [1.29, 1.82) is 0 Å². The molecule has 8 atom stereocenters. The predicted octanol–water partition coefficient (Wildman–Crippen LogP) is 11.1. The molecular formula is C43H84O5. The van der Waals surface area contributed by atoms with Crippen LogP contribution in [0.5, 0.6) is 0 Å². The first kappa shape index (κ1) is 47.2. The summed E-state index contributed by atoms with van der Waals surface area (Å²) < 4.78 is 0. The Labute approximate surface area is 299 Å². The Kier molecular flexibility index (Phi) is 26.5. The lowest BCUT2D eigenvalue weighted by atomic mass is 9.79. The van der Waals surface area contributed by atoms with Gasteiger partial charge in [0.1, 0.15) is 6.10 Å². The largest absolute Gasteiger partial charge is 0.394 e. The number of Topliss-reactive ketones (excluding diaryl/α,β-unsaturated/α-hetero) is 2. The molecule has 0 saturated heterocycles. The number of carbonyl (C=O) groups is 2. The molecule has 0 heterocycles. The van der Waals surface area contributed by atoms with Gasteiger partial charge in [-0.25, -0.2) is 0 Å². The number of ketones is 2. The lowest BCUT2D eigenvalue weighted by Gasteiger charge is -2.31. The van der Waals surface area contributed by atoms with Crippen molar-refractivity contribution in [1.82, 2.24) is 0 Å². The average molecular weight is 681 g/mol. The molecule has 0 radical (unpaired) electrons. The molecule has 0 spiro atoms. The van der Waals surface area contributed by atoms with Crippen LogP contribution in [0, 0.1) is 47.3 Å². The summed E-state index contributed by atoms with van der Waals surface area (Å²) in [6.07, 6.45) is 19.7. The van der Waals surface area contributed by atoms with E-state index in [9.17, 15) is 24.9 Å². The van der Waals surface area contributed by atoms with Crippen LogP contribution in [0.25, 0.3) is 0 Å². The molecule has 6 unspecified atom stereocenters. The summed E-state index contributed by atoms with van der Waals surface area (Å²) in [5.41, 5.74) is -2.53. The molecule has 0 aliphatic carbocycles. The normalized spacial score (nSPS) is 17.9. The van der Waals surface area contributed by atoms with Gasteiger partial charge in [-0.05, 0) is 47.3 Å². The third kappa shape index (κ3) is 22.1. The Morgan fingerprint density at radius 1 is 0.438 bits per heavy atom. The molecule has 5 nitrogen and oxygen atoms in total. The summed E-state index contributed by atoms with van der Waals surface area (Å²) in [7, 11) is 0. The zero-order chi connectivity index (χ0) is 36.7. The number of hydrogen-bond acceptors (Lipinski definition) is 5. The highest BCUT2D eigenvalue weighted by Crippen LogP contribution is 2.28. The Balaban J connectivity index is 4.56. The summed E-state index contributed by atoms with van der Waals surface area (Å²) in [4.78, 5) is 26.6. The fourth-order valence-electron chi connectivity index (χ4n) is 7.39. The van der Waals surface area contributed by atoms with Crippen LogP contribution in [0.15, 0.2) is 0 Å². The molecule has 0 aromatic rings. The minimum atomic E-state index is -2.53. The standard InChI is InChI=1S/C43H84O5/c1-32(2)17-11-19-34(5)21-13-23-36(7)25-15-27-38(9)29-40(45)43(48,42(47)31-44)41(46)30-39(10)28-16-26-37(8)24-14-22-35(6)20-12-18-33(3)4/h32-39,42,44,47-48H,11-31H2,1-10H3/t34?,35?,36?,37?,38-,39?,42-,43?/m0/s1. The Bertz CT molecular complexity index is 749. The topological polar surface area (TPSA) is 94.8 Å². The van der Waals surface area contributed by atoms with Crippen LogP contribution in [-0.4, -0.2) is 45.2 Å². The molecule has 3 N–H and O–H groups in total. The van der Waals surface area contributed by atoms with E-state index in [1.165, 1.54) is 77.0 Å². The van der Waals surface area contributed by atoms with Crippen LogP contribution in [0.4, 0.5) is 0 Å². The molecule has 48 heavy (non-hydrogen) atoms. The molecule has 0 rings (SSSR count). The van der Waals surface area contributed by atoms with Crippen molar-refractivity contribution in [3.8, 4) is 0 Å². The molecular weight excluding hydrogens is 596 g/mol. The van der Waals surface area contributed by atoms with E-state index in [0.29, 0.717) is 11.8 Å². The van der Waals surface area contributed by atoms with Crippen LogP contribution in [-0.2, 0) is 9.59 Å². The van der Waals surface area contributed by atoms with Gasteiger partial charge >= 0.3 is 0 Å². The van der Waals surface area contributed by atoms with E-state index in [-0.39, 0.29) is 24.7 Å². The molecule has 0 aromatic carbocycles. The van der Waals surface area contributed by atoms with Gasteiger partial charge in [-0.15, -0.1) is 0 Å². The van der Waals surface area contributed by atoms with Crippen molar-refractivity contribution < 1.29 is 24.9 Å². The molecule has 0 aliphatic rings. The maximum atomic E-state index is 13.3. The van der Waals surface area contributed by atoms with Crippen molar-refractivity contribution >= 4 is 11.6 Å². The van der Waals surface area contributed by atoms with Crippen LogP contribution >= 0.6 is 0 Å². The molecule has 0 aromatic heterocycles. The maximum Gasteiger partial charge on any atom is 0.209 e.